The first kappa shape index (κ1) is 13.9. The fraction of sp³-hybridized carbons (Fsp3) is 0. The van der Waals surface area contributed by atoms with E-state index in [1.807, 2.05) is 35.7 Å². The lowest BCUT2D eigenvalue weighted by Gasteiger charge is -2.09. The van der Waals surface area contributed by atoms with Crippen molar-refractivity contribution in [3.05, 3.63) is 60.1 Å². The van der Waals surface area contributed by atoms with Gasteiger partial charge in [0.15, 0.2) is 0 Å². The van der Waals surface area contributed by atoms with Crippen LogP contribution >= 0.6 is 11.3 Å². The molecule has 0 saturated carbocycles. The van der Waals surface area contributed by atoms with E-state index in [9.17, 15) is 8.42 Å². The number of thiazole rings is 1. The van der Waals surface area contributed by atoms with E-state index in [4.69, 9.17) is 5.14 Å². The maximum Gasteiger partial charge on any atom is 0.238 e. The summed E-state index contributed by atoms with van der Waals surface area (Å²) in [4.78, 5) is 4.37. The molecule has 2 N–H and O–H groups in total. The molecule has 0 atom stereocenters. The maximum absolute atomic E-state index is 11.6. The average molecular weight is 316 g/mol. The Labute approximate surface area is 127 Å². The van der Waals surface area contributed by atoms with Gasteiger partial charge in [0.2, 0.25) is 10.0 Å². The predicted molar refractivity (Wildman–Crippen MR) is 84.4 cm³/mol. The molecule has 0 radical (unpaired) electrons. The Morgan fingerprint density at radius 3 is 2.38 bits per heavy atom. The number of primary sulfonamides is 1. The van der Waals surface area contributed by atoms with Crippen LogP contribution in [0.25, 0.3) is 21.7 Å². The highest BCUT2D eigenvalue weighted by atomic mass is 32.2. The lowest BCUT2D eigenvalue weighted by atomic mass is 10.0. The van der Waals surface area contributed by atoms with Gasteiger partial charge in [-0.2, -0.15) is 0 Å². The first-order valence-corrected chi connectivity index (χ1v) is 8.60. The first-order chi connectivity index (χ1) is 10.1. The molecular weight excluding hydrogens is 304 g/mol. The second kappa shape index (κ2) is 5.40. The topological polar surface area (TPSA) is 73.1 Å². The van der Waals surface area contributed by atoms with Crippen LogP contribution in [0.2, 0.25) is 0 Å². The fourth-order valence-electron chi connectivity index (χ4n) is 2.10. The van der Waals surface area contributed by atoms with Crippen molar-refractivity contribution in [1.29, 1.82) is 0 Å². The van der Waals surface area contributed by atoms with Gasteiger partial charge >= 0.3 is 0 Å². The normalized spacial score (nSPS) is 11.5. The van der Waals surface area contributed by atoms with Gasteiger partial charge < -0.3 is 0 Å². The summed E-state index contributed by atoms with van der Waals surface area (Å²) >= 11 is 1.46. The van der Waals surface area contributed by atoms with Gasteiger partial charge in [-0.1, -0.05) is 36.4 Å². The lowest BCUT2D eigenvalue weighted by molar-refractivity contribution is 0.598. The fourth-order valence-corrected chi connectivity index (χ4v) is 3.31. The summed E-state index contributed by atoms with van der Waals surface area (Å²) in [6.45, 7) is 0. The van der Waals surface area contributed by atoms with E-state index in [0.29, 0.717) is 0 Å². The summed E-state index contributed by atoms with van der Waals surface area (Å²) in [7, 11) is -3.74. The molecule has 4 nitrogen and oxygen atoms in total. The minimum atomic E-state index is -3.74. The first-order valence-electron chi connectivity index (χ1n) is 6.18. The van der Waals surface area contributed by atoms with E-state index in [1.165, 1.54) is 17.4 Å². The highest BCUT2D eigenvalue weighted by molar-refractivity contribution is 7.89. The minimum Gasteiger partial charge on any atom is -0.245 e. The van der Waals surface area contributed by atoms with Gasteiger partial charge in [0, 0.05) is 17.1 Å². The lowest BCUT2D eigenvalue weighted by Crippen LogP contribution is -2.12. The Bertz CT molecular complexity index is 858. The van der Waals surface area contributed by atoms with E-state index in [1.54, 1.807) is 18.3 Å². The molecule has 2 aromatic carbocycles. The largest absolute Gasteiger partial charge is 0.245 e. The third kappa shape index (κ3) is 2.87. The van der Waals surface area contributed by atoms with Crippen LogP contribution in [0.5, 0.6) is 0 Å². The van der Waals surface area contributed by atoms with Gasteiger partial charge in [0.25, 0.3) is 0 Å². The Balaban J connectivity index is 2.26. The summed E-state index contributed by atoms with van der Waals surface area (Å²) in [5.74, 6) is 0. The zero-order valence-corrected chi connectivity index (χ0v) is 12.6. The molecule has 1 aromatic heterocycles. The van der Waals surface area contributed by atoms with E-state index in [0.717, 1.165) is 21.7 Å². The zero-order valence-electron chi connectivity index (χ0n) is 10.9. The van der Waals surface area contributed by atoms with Crippen molar-refractivity contribution in [3.8, 4) is 21.7 Å². The molecule has 0 aliphatic heterocycles. The molecule has 0 fully saturated rings. The van der Waals surface area contributed by atoms with Crippen molar-refractivity contribution >= 4 is 21.4 Å². The Morgan fingerprint density at radius 1 is 1.00 bits per heavy atom. The molecular formula is C15H12N2O2S2. The smallest absolute Gasteiger partial charge is 0.238 e. The van der Waals surface area contributed by atoms with Crippen LogP contribution in [-0.4, -0.2) is 13.4 Å². The summed E-state index contributed by atoms with van der Waals surface area (Å²) in [5, 5.41) is 7.84. The average Bonchev–Trinajstić information content (AvgIpc) is 3.01. The Kier molecular flexibility index (Phi) is 3.59. The molecule has 21 heavy (non-hydrogen) atoms. The Morgan fingerprint density at radius 2 is 1.76 bits per heavy atom. The van der Waals surface area contributed by atoms with Crippen molar-refractivity contribution in [2.45, 2.75) is 4.90 Å². The number of aromatic nitrogens is 1. The predicted octanol–water partition coefficient (Wildman–Crippen LogP) is 3.12. The van der Waals surface area contributed by atoms with Crippen LogP contribution in [0, 0.1) is 0 Å². The summed E-state index contributed by atoms with van der Waals surface area (Å²) in [6, 6.07) is 14.6. The SMILES string of the molecule is NS(=O)(=O)c1ccc(-c2ccccc2)c(-c2nccs2)c1. The summed E-state index contributed by atoms with van der Waals surface area (Å²) in [5.41, 5.74) is 2.70. The van der Waals surface area contributed by atoms with Gasteiger partial charge in [0.1, 0.15) is 5.01 Å². The van der Waals surface area contributed by atoms with Crippen molar-refractivity contribution in [2.75, 3.05) is 0 Å². The van der Waals surface area contributed by atoms with Crippen molar-refractivity contribution in [3.63, 3.8) is 0 Å². The summed E-state index contributed by atoms with van der Waals surface area (Å²) in [6.07, 6.45) is 1.69. The van der Waals surface area contributed by atoms with Gasteiger partial charge in [-0.25, -0.2) is 18.5 Å². The number of nitrogens with two attached hydrogens (primary N) is 1. The molecule has 3 rings (SSSR count). The number of rotatable bonds is 3. The molecule has 0 bridgehead atoms. The van der Waals surface area contributed by atoms with Crippen molar-refractivity contribution < 1.29 is 8.42 Å². The van der Waals surface area contributed by atoms with Crippen LogP contribution in [0.15, 0.2) is 65.0 Å². The standard InChI is InChI=1S/C15H12N2O2S2/c16-21(18,19)12-6-7-13(11-4-2-1-3-5-11)14(10-12)15-17-8-9-20-15/h1-10H,(H2,16,18,19). The molecule has 0 amide bonds. The quantitative estimate of drug-likeness (QED) is 0.807. The van der Waals surface area contributed by atoms with Crippen LogP contribution in [-0.2, 0) is 10.0 Å². The van der Waals surface area contributed by atoms with Crippen LogP contribution < -0.4 is 5.14 Å². The molecule has 0 spiro atoms. The molecule has 106 valence electrons. The van der Waals surface area contributed by atoms with Crippen molar-refractivity contribution in [1.82, 2.24) is 4.98 Å². The highest BCUT2D eigenvalue weighted by Gasteiger charge is 2.15. The minimum absolute atomic E-state index is 0.0902. The molecule has 0 aliphatic rings. The molecule has 6 heteroatoms. The van der Waals surface area contributed by atoms with Gasteiger partial charge in [-0.15, -0.1) is 11.3 Å². The van der Waals surface area contributed by atoms with Gasteiger partial charge in [0.05, 0.1) is 4.90 Å². The van der Waals surface area contributed by atoms with Crippen LogP contribution in [0.4, 0.5) is 0 Å². The second-order valence-corrected chi connectivity index (χ2v) is 6.91. The number of nitrogens with zero attached hydrogens (tertiary/aromatic N) is 1. The number of benzene rings is 2. The molecule has 0 unspecified atom stereocenters. The number of hydrogen-bond acceptors (Lipinski definition) is 4. The third-order valence-electron chi connectivity index (χ3n) is 3.07. The second-order valence-electron chi connectivity index (χ2n) is 4.46. The number of sulfonamides is 1. The van der Waals surface area contributed by atoms with Crippen molar-refractivity contribution in [2.24, 2.45) is 5.14 Å². The van der Waals surface area contributed by atoms with E-state index < -0.39 is 10.0 Å². The van der Waals surface area contributed by atoms with E-state index in [-0.39, 0.29) is 4.90 Å². The van der Waals surface area contributed by atoms with E-state index >= 15 is 0 Å². The Hall–Kier alpha value is -2.02. The van der Waals surface area contributed by atoms with Gasteiger partial charge in [-0.05, 0) is 23.3 Å². The highest BCUT2D eigenvalue weighted by Crippen LogP contribution is 2.34. The number of hydrogen-bond donors (Lipinski definition) is 1. The molecule has 0 saturated heterocycles. The molecule has 0 aliphatic carbocycles. The molecule has 1 heterocycles. The van der Waals surface area contributed by atoms with Crippen LogP contribution in [0.1, 0.15) is 0 Å². The summed E-state index contributed by atoms with van der Waals surface area (Å²) < 4.78 is 23.1. The zero-order chi connectivity index (χ0) is 14.9. The molecule has 3 aromatic rings. The maximum atomic E-state index is 11.6. The van der Waals surface area contributed by atoms with Crippen LogP contribution in [0.3, 0.4) is 0 Å². The monoisotopic (exact) mass is 316 g/mol. The van der Waals surface area contributed by atoms with E-state index in [2.05, 4.69) is 4.98 Å². The van der Waals surface area contributed by atoms with Gasteiger partial charge in [-0.3, -0.25) is 0 Å². The third-order valence-corrected chi connectivity index (χ3v) is 4.78.